The molecule has 0 bridgehead atoms. The smallest absolute Gasteiger partial charge is 0.246 e. The summed E-state index contributed by atoms with van der Waals surface area (Å²) in [4.78, 5) is 18.1. The fourth-order valence-electron chi connectivity index (χ4n) is 2.99. The zero-order chi connectivity index (χ0) is 16.4. The van der Waals surface area contributed by atoms with Crippen molar-refractivity contribution in [2.75, 3.05) is 16.8 Å². The topological polar surface area (TPSA) is 63.1 Å². The molecular weight excluding hydrogens is 302 g/mol. The van der Waals surface area contributed by atoms with Gasteiger partial charge < -0.3 is 10.2 Å². The third-order valence-corrected chi connectivity index (χ3v) is 4.12. The first-order valence-electron chi connectivity index (χ1n) is 7.87. The number of hydrogen-bond acceptors (Lipinski definition) is 4. The number of nitrogens with zero attached hydrogens (tertiary/aromatic N) is 4. The highest BCUT2D eigenvalue weighted by atomic mass is 16.2. The largest absolute Gasteiger partial charge is 0.341 e. The first-order valence-corrected chi connectivity index (χ1v) is 7.87. The van der Waals surface area contributed by atoms with E-state index in [1.807, 2.05) is 24.3 Å². The minimum absolute atomic E-state index is 0.125. The molecule has 0 aliphatic carbocycles. The third kappa shape index (κ3) is 2.86. The summed E-state index contributed by atoms with van der Waals surface area (Å²) in [7, 11) is 0. The lowest BCUT2D eigenvalue weighted by atomic mass is 10.2. The predicted octanol–water partition coefficient (Wildman–Crippen LogP) is 2.61. The highest BCUT2D eigenvalue weighted by Crippen LogP contribution is 2.34. The van der Waals surface area contributed by atoms with Crippen LogP contribution in [-0.2, 0) is 17.8 Å². The molecule has 120 valence electrons. The summed E-state index contributed by atoms with van der Waals surface area (Å²) in [5.41, 5.74) is 4.55. The van der Waals surface area contributed by atoms with Crippen molar-refractivity contribution in [2.45, 2.75) is 13.0 Å². The number of amides is 1. The Bertz CT molecular complexity index is 842. The normalized spacial score (nSPS) is 12.9. The van der Waals surface area contributed by atoms with E-state index < -0.39 is 0 Å². The molecule has 6 nitrogen and oxygen atoms in total. The van der Waals surface area contributed by atoms with Gasteiger partial charge in [-0.2, -0.15) is 5.10 Å². The lowest BCUT2D eigenvalue weighted by Gasteiger charge is -2.20. The maximum atomic E-state index is 12.0. The van der Waals surface area contributed by atoms with Gasteiger partial charge in [0.2, 0.25) is 5.91 Å². The number of benzene rings is 2. The van der Waals surface area contributed by atoms with Crippen LogP contribution in [0.5, 0.6) is 0 Å². The minimum atomic E-state index is -0.125. The predicted molar refractivity (Wildman–Crippen MR) is 92.2 cm³/mol. The van der Waals surface area contributed by atoms with Gasteiger partial charge in [0.15, 0.2) is 0 Å². The maximum absolute atomic E-state index is 12.0. The number of carbonyl (C=O) groups excluding carboxylic acids is 1. The maximum Gasteiger partial charge on any atom is 0.246 e. The van der Waals surface area contributed by atoms with Gasteiger partial charge in [-0.1, -0.05) is 18.2 Å². The van der Waals surface area contributed by atoms with Gasteiger partial charge in [-0.25, -0.2) is 9.67 Å². The van der Waals surface area contributed by atoms with Gasteiger partial charge in [0, 0.05) is 23.6 Å². The fourth-order valence-corrected chi connectivity index (χ4v) is 2.99. The SMILES string of the molecule is O=C(Cn1cncn1)Nc1ccc(N2CCc3ccccc32)cc1. The summed E-state index contributed by atoms with van der Waals surface area (Å²) < 4.78 is 1.49. The fraction of sp³-hybridized carbons (Fsp3) is 0.167. The van der Waals surface area contributed by atoms with Gasteiger partial charge in [0.05, 0.1) is 0 Å². The van der Waals surface area contributed by atoms with Crippen molar-refractivity contribution in [3.05, 3.63) is 66.7 Å². The number of carbonyl (C=O) groups is 1. The molecule has 6 heteroatoms. The van der Waals surface area contributed by atoms with E-state index in [1.54, 1.807) is 0 Å². The van der Waals surface area contributed by atoms with E-state index in [2.05, 4.69) is 44.6 Å². The molecule has 0 saturated heterocycles. The monoisotopic (exact) mass is 319 g/mol. The second kappa shape index (κ2) is 6.16. The Morgan fingerprint density at radius 1 is 1.12 bits per heavy atom. The van der Waals surface area contributed by atoms with Crippen molar-refractivity contribution >= 4 is 23.0 Å². The first-order chi connectivity index (χ1) is 11.8. The summed E-state index contributed by atoms with van der Waals surface area (Å²) in [6, 6.07) is 16.4. The molecule has 0 spiro atoms. The molecule has 1 aliphatic rings. The Morgan fingerprint density at radius 2 is 1.96 bits per heavy atom. The molecule has 0 unspecified atom stereocenters. The highest BCUT2D eigenvalue weighted by Gasteiger charge is 2.19. The molecule has 2 aromatic carbocycles. The van der Waals surface area contributed by atoms with E-state index in [9.17, 15) is 4.79 Å². The van der Waals surface area contributed by atoms with Gasteiger partial charge in [0.25, 0.3) is 0 Å². The Labute approximate surface area is 139 Å². The van der Waals surface area contributed by atoms with Gasteiger partial charge in [-0.05, 0) is 42.3 Å². The molecule has 1 aliphatic heterocycles. The van der Waals surface area contributed by atoms with Crippen LogP contribution < -0.4 is 10.2 Å². The molecule has 0 atom stereocenters. The third-order valence-electron chi connectivity index (χ3n) is 4.12. The number of hydrogen-bond donors (Lipinski definition) is 1. The van der Waals surface area contributed by atoms with Crippen LogP contribution in [0.3, 0.4) is 0 Å². The lowest BCUT2D eigenvalue weighted by molar-refractivity contribution is -0.116. The van der Waals surface area contributed by atoms with Gasteiger partial charge >= 0.3 is 0 Å². The molecule has 4 rings (SSSR count). The zero-order valence-corrected chi connectivity index (χ0v) is 13.1. The van der Waals surface area contributed by atoms with Crippen molar-refractivity contribution < 1.29 is 4.79 Å². The van der Waals surface area contributed by atoms with E-state index in [1.165, 1.54) is 28.6 Å². The van der Waals surface area contributed by atoms with Crippen molar-refractivity contribution in [2.24, 2.45) is 0 Å². The Balaban J connectivity index is 1.45. The molecule has 0 radical (unpaired) electrons. The molecule has 0 saturated carbocycles. The molecule has 1 N–H and O–H groups in total. The van der Waals surface area contributed by atoms with Crippen molar-refractivity contribution in [1.29, 1.82) is 0 Å². The number of rotatable bonds is 4. The molecule has 0 fully saturated rings. The van der Waals surface area contributed by atoms with Gasteiger partial charge in [0.1, 0.15) is 19.2 Å². The molecule has 3 aromatic rings. The van der Waals surface area contributed by atoms with Crippen LogP contribution in [0.2, 0.25) is 0 Å². The summed E-state index contributed by atoms with van der Waals surface area (Å²) in [6.07, 6.45) is 4.00. The van der Waals surface area contributed by atoms with Crippen molar-refractivity contribution in [3.8, 4) is 0 Å². The van der Waals surface area contributed by atoms with Gasteiger partial charge in [-0.3, -0.25) is 4.79 Å². The average Bonchev–Trinajstić information content (AvgIpc) is 3.25. The second-order valence-electron chi connectivity index (χ2n) is 5.72. The number of aromatic nitrogens is 3. The number of fused-ring (bicyclic) bond motifs is 1. The van der Waals surface area contributed by atoms with Crippen molar-refractivity contribution in [3.63, 3.8) is 0 Å². The van der Waals surface area contributed by atoms with E-state index >= 15 is 0 Å². The van der Waals surface area contributed by atoms with E-state index in [0.717, 1.165) is 24.3 Å². The summed E-state index contributed by atoms with van der Waals surface area (Å²) in [5, 5.41) is 6.79. The zero-order valence-electron chi connectivity index (χ0n) is 13.1. The standard InChI is InChI=1S/C18H17N5O/c24-18(11-22-13-19-12-20-22)21-15-5-7-16(8-6-15)23-10-9-14-3-1-2-4-17(14)23/h1-8,12-13H,9-11H2,(H,21,24). The van der Waals surface area contributed by atoms with E-state index in [0.29, 0.717) is 0 Å². The van der Waals surface area contributed by atoms with Crippen LogP contribution in [0.1, 0.15) is 5.56 Å². The molecular formula is C18H17N5O. The molecule has 1 amide bonds. The molecule has 24 heavy (non-hydrogen) atoms. The van der Waals surface area contributed by atoms with Crippen LogP contribution in [0.25, 0.3) is 0 Å². The minimum Gasteiger partial charge on any atom is -0.341 e. The Hall–Kier alpha value is -3.15. The van der Waals surface area contributed by atoms with Gasteiger partial charge in [-0.15, -0.1) is 0 Å². The Morgan fingerprint density at radius 3 is 2.75 bits per heavy atom. The molecule has 2 heterocycles. The second-order valence-corrected chi connectivity index (χ2v) is 5.72. The quantitative estimate of drug-likeness (QED) is 0.803. The average molecular weight is 319 g/mol. The van der Waals surface area contributed by atoms with Crippen LogP contribution in [-0.4, -0.2) is 27.2 Å². The van der Waals surface area contributed by atoms with Crippen LogP contribution >= 0.6 is 0 Å². The Kier molecular flexibility index (Phi) is 3.70. The van der Waals surface area contributed by atoms with Crippen LogP contribution in [0.15, 0.2) is 61.2 Å². The van der Waals surface area contributed by atoms with E-state index in [4.69, 9.17) is 0 Å². The first kappa shape index (κ1) is 14.4. The van der Waals surface area contributed by atoms with Crippen LogP contribution in [0.4, 0.5) is 17.1 Å². The lowest BCUT2D eigenvalue weighted by Crippen LogP contribution is -2.19. The van der Waals surface area contributed by atoms with Crippen LogP contribution in [0, 0.1) is 0 Å². The molecule has 1 aromatic heterocycles. The highest BCUT2D eigenvalue weighted by molar-refractivity contribution is 5.90. The summed E-state index contributed by atoms with van der Waals surface area (Å²) in [6.45, 7) is 1.14. The number of nitrogens with one attached hydrogen (secondary N) is 1. The number of para-hydroxylation sites is 1. The summed E-state index contributed by atoms with van der Waals surface area (Å²) in [5.74, 6) is -0.125. The van der Waals surface area contributed by atoms with Crippen molar-refractivity contribution in [1.82, 2.24) is 14.8 Å². The van der Waals surface area contributed by atoms with E-state index in [-0.39, 0.29) is 12.5 Å². The summed E-state index contributed by atoms with van der Waals surface area (Å²) >= 11 is 0. The number of anilines is 3.